The molecule has 0 radical (unpaired) electrons. The van der Waals surface area contributed by atoms with E-state index in [0.717, 1.165) is 25.2 Å². The summed E-state index contributed by atoms with van der Waals surface area (Å²) >= 11 is 0. The molecule has 0 saturated carbocycles. The Bertz CT molecular complexity index is 311. The van der Waals surface area contributed by atoms with E-state index in [1.807, 2.05) is 12.1 Å². The van der Waals surface area contributed by atoms with Crippen molar-refractivity contribution in [1.29, 1.82) is 0 Å². The van der Waals surface area contributed by atoms with Crippen LogP contribution in [0, 0.1) is 0 Å². The fraction of sp³-hybridized carbons (Fsp3) is 0.571. The van der Waals surface area contributed by atoms with Gasteiger partial charge in [-0.15, -0.1) is 0 Å². The van der Waals surface area contributed by atoms with E-state index in [1.165, 1.54) is 5.56 Å². The number of ether oxygens (including phenoxy) is 1. The Morgan fingerprint density at radius 1 is 1.24 bits per heavy atom. The molecule has 17 heavy (non-hydrogen) atoms. The summed E-state index contributed by atoms with van der Waals surface area (Å²) in [4.78, 5) is 0. The van der Waals surface area contributed by atoms with Crippen molar-refractivity contribution < 1.29 is 4.74 Å². The summed E-state index contributed by atoms with van der Waals surface area (Å²) in [6.45, 7) is 6.23. The summed E-state index contributed by atoms with van der Waals surface area (Å²) in [6.07, 6.45) is 1.40. The number of nitrogens with two attached hydrogens (primary N) is 1. The third kappa shape index (κ3) is 5.20. The second-order valence-electron chi connectivity index (χ2n) is 4.61. The molecule has 0 aliphatic carbocycles. The Kier molecular flexibility index (Phi) is 6.01. The molecule has 3 nitrogen and oxygen atoms in total. The minimum absolute atomic E-state index is 0.279. The second kappa shape index (κ2) is 7.30. The van der Waals surface area contributed by atoms with Crippen LogP contribution in [0.4, 0.5) is 5.69 Å². The molecule has 0 aliphatic rings. The van der Waals surface area contributed by atoms with Crippen LogP contribution in [-0.2, 0) is 4.74 Å². The summed E-state index contributed by atoms with van der Waals surface area (Å²) in [5.74, 6) is 0.556. The fourth-order valence-corrected chi connectivity index (χ4v) is 1.70. The van der Waals surface area contributed by atoms with E-state index in [9.17, 15) is 0 Å². The summed E-state index contributed by atoms with van der Waals surface area (Å²) < 4.78 is 5.18. The summed E-state index contributed by atoms with van der Waals surface area (Å²) in [7, 11) is 1.74. The third-order valence-corrected chi connectivity index (χ3v) is 3.09. The van der Waals surface area contributed by atoms with Crippen LogP contribution in [0.1, 0.15) is 31.7 Å². The molecule has 2 atom stereocenters. The summed E-state index contributed by atoms with van der Waals surface area (Å²) in [6, 6.07) is 8.15. The first-order valence-corrected chi connectivity index (χ1v) is 6.22. The highest BCUT2D eigenvalue weighted by molar-refractivity contribution is 5.40. The number of nitrogen functional groups attached to an aromatic ring is 1. The molecule has 96 valence electrons. The Hall–Kier alpha value is -1.06. The van der Waals surface area contributed by atoms with Gasteiger partial charge in [0.2, 0.25) is 0 Å². The number of hydrogen-bond donors (Lipinski definition) is 2. The molecule has 0 aliphatic heterocycles. The van der Waals surface area contributed by atoms with Crippen molar-refractivity contribution in [3.8, 4) is 0 Å². The molecule has 3 heteroatoms. The first kappa shape index (κ1) is 14.0. The van der Waals surface area contributed by atoms with Crippen LogP contribution in [0.3, 0.4) is 0 Å². The molecule has 0 fully saturated rings. The van der Waals surface area contributed by atoms with E-state index in [-0.39, 0.29) is 6.10 Å². The molecule has 1 aromatic rings. The molecule has 1 rings (SSSR count). The van der Waals surface area contributed by atoms with Gasteiger partial charge in [-0.2, -0.15) is 0 Å². The van der Waals surface area contributed by atoms with Crippen LogP contribution in [0.2, 0.25) is 0 Å². The van der Waals surface area contributed by atoms with Gasteiger partial charge in [0, 0.05) is 19.3 Å². The molecule has 2 unspecified atom stereocenters. The van der Waals surface area contributed by atoms with Crippen molar-refractivity contribution in [2.75, 3.05) is 25.9 Å². The molecular formula is C14H24N2O. The van der Waals surface area contributed by atoms with Gasteiger partial charge in [-0.3, -0.25) is 0 Å². The molecule has 0 aromatic heterocycles. The van der Waals surface area contributed by atoms with E-state index in [4.69, 9.17) is 10.5 Å². The van der Waals surface area contributed by atoms with E-state index in [1.54, 1.807) is 7.11 Å². The van der Waals surface area contributed by atoms with Crippen LogP contribution in [0.25, 0.3) is 0 Å². The SMILES string of the molecule is COC(C)CNCCC(C)c1ccc(N)cc1. The monoisotopic (exact) mass is 236 g/mol. The lowest BCUT2D eigenvalue weighted by molar-refractivity contribution is 0.117. The number of hydrogen-bond acceptors (Lipinski definition) is 3. The van der Waals surface area contributed by atoms with Gasteiger partial charge in [0.1, 0.15) is 0 Å². The van der Waals surface area contributed by atoms with E-state index < -0.39 is 0 Å². The third-order valence-electron chi connectivity index (χ3n) is 3.09. The zero-order valence-corrected chi connectivity index (χ0v) is 11.1. The zero-order valence-electron chi connectivity index (χ0n) is 11.1. The van der Waals surface area contributed by atoms with Gasteiger partial charge < -0.3 is 15.8 Å². The number of methoxy groups -OCH3 is 1. The highest BCUT2D eigenvalue weighted by Crippen LogP contribution is 2.19. The van der Waals surface area contributed by atoms with Gasteiger partial charge >= 0.3 is 0 Å². The predicted molar refractivity (Wildman–Crippen MR) is 73.2 cm³/mol. The molecule has 0 bridgehead atoms. The largest absolute Gasteiger partial charge is 0.399 e. The Morgan fingerprint density at radius 2 is 1.88 bits per heavy atom. The van der Waals surface area contributed by atoms with Crippen molar-refractivity contribution in [3.05, 3.63) is 29.8 Å². The minimum atomic E-state index is 0.279. The molecule has 0 saturated heterocycles. The van der Waals surface area contributed by atoms with Crippen LogP contribution < -0.4 is 11.1 Å². The van der Waals surface area contributed by atoms with Gasteiger partial charge in [0.05, 0.1) is 6.10 Å². The molecule has 0 heterocycles. The number of anilines is 1. The number of rotatable bonds is 7. The maximum absolute atomic E-state index is 5.67. The quantitative estimate of drug-likeness (QED) is 0.564. The lowest BCUT2D eigenvalue weighted by Gasteiger charge is -2.14. The minimum Gasteiger partial charge on any atom is -0.399 e. The molecule has 0 spiro atoms. The van der Waals surface area contributed by atoms with E-state index in [0.29, 0.717) is 5.92 Å². The van der Waals surface area contributed by atoms with Crippen molar-refractivity contribution in [3.63, 3.8) is 0 Å². The average Bonchev–Trinajstić information content (AvgIpc) is 2.34. The van der Waals surface area contributed by atoms with Gasteiger partial charge in [-0.1, -0.05) is 19.1 Å². The highest BCUT2D eigenvalue weighted by atomic mass is 16.5. The van der Waals surface area contributed by atoms with Gasteiger partial charge in [-0.05, 0) is 43.5 Å². The van der Waals surface area contributed by atoms with Crippen molar-refractivity contribution in [2.24, 2.45) is 0 Å². The van der Waals surface area contributed by atoms with Crippen LogP contribution >= 0.6 is 0 Å². The van der Waals surface area contributed by atoms with Crippen molar-refractivity contribution in [1.82, 2.24) is 5.32 Å². The smallest absolute Gasteiger partial charge is 0.0667 e. The van der Waals surface area contributed by atoms with Crippen LogP contribution in [0.15, 0.2) is 24.3 Å². The molecule has 0 amide bonds. The topological polar surface area (TPSA) is 47.3 Å². The van der Waals surface area contributed by atoms with Gasteiger partial charge in [-0.25, -0.2) is 0 Å². The average molecular weight is 236 g/mol. The number of nitrogens with one attached hydrogen (secondary N) is 1. The predicted octanol–water partition coefficient (Wildman–Crippen LogP) is 2.39. The van der Waals surface area contributed by atoms with Crippen LogP contribution in [0.5, 0.6) is 0 Å². The van der Waals surface area contributed by atoms with Crippen LogP contribution in [-0.4, -0.2) is 26.3 Å². The first-order valence-electron chi connectivity index (χ1n) is 6.22. The van der Waals surface area contributed by atoms with Crippen molar-refractivity contribution in [2.45, 2.75) is 32.3 Å². The second-order valence-corrected chi connectivity index (χ2v) is 4.61. The number of benzene rings is 1. The summed E-state index contributed by atoms with van der Waals surface area (Å²) in [5, 5.41) is 3.40. The van der Waals surface area contributed by atoms with Gasteiger partial charge in [0.25, 0.3) is 0 Å². The molecule has 3 N–H and O–H groups in total. The zero-order chi connectivity index (χ0) is 12.7. The maximum atomic E-state index is 5.67. The standard InChI is InChI=1S/C14H24N2O/c1-11(8-9-16-10-12(2)17-3)13-4-6-14(15)7-5-13/h4-7,11-12,16H,8-10,15H2,1-3H3. The lowest BCUT2D eigenvalue weighted by atomic mass is 9.97. The van der Waals surface area contributed by atoms with E-state index >= 15 is 0 Å². The Morgan fingerprint density at radius 3 is 2.47 bits per heavy atom. The Balaban J connectivity index is 2.25. The lowest BCUT2D eigenvalue weighted by Crippen LogP contribution is -2.27. The maximum Gasteiger partial charge on any atom is 0.0667 e. The Labute approximate surface area is 104 Å². The van der Waals surface area contributed by atoms with E-state index in [2.05, 4.69) is 31.3 Å². The first-order chi connectivity index (χ1) is 8.13. The molecular weight excluding hydrogens is 212 g/mol. The highest BCUT2D eigenvalue weighted by Gasteiger charge is 2.05. The normalized spacial score (nSPS) is 14.5. The summed E-state index contributed by atoms with van der Waals surface area (Å²) in [5.41, 5.74) is 7.85. The fourth-order valence-electron chi connectivity index (χ4n) is 1.70. The van der Waals surface area contributed by atoms with Gasteiger partial charge in [0.15, 0.2) is 0 Å². The molecule has 1 aromatic carbocycles. The van der Waals surface area contributed by atoms with Crippen molar-refractivity contribution >= 4 is 5.69 Å².